The summed E-state index contributed by atoms with van der Waals surface area (Å²) in [6, 6.07) is -0.0609. The predicted molar refractivity (Wildman–Crippen MR) is 68.4 cm³/mol. The Morgan fingerprint density at radius 3 is 2.50 bits per heavy atom. The average molecular weight is 229 g/mol. The number of amides is 2. The van der Waals surface area contributed by atoms with Crippen LogP contribution in [-0.4, -0.2) is 25.7 Å². The molecule has 4 nitrogen and oxygen atoms in total. The Morgan fingerprint density at radius 2 is 1.94 bits per heavy atom. The fourth-order valence-electron chi connectivity index (χ4n) is 1.43. The second-order valence-electron chi connectivity index (χ2n) is 5.02. The molecular formula is C12H27N3O. The SMILES string of the molecule is CCCCNC(=O)NCC(C)(C)CCCN. The van der Waals surface area contributed by atoms with E-state index >= 15 is 0 Å². The van der Waals surface area contributed by atoms with Gasteiger partial charge in [0.05, 0.1) is 0 Å². The number of hydrogen-bond donors (Lipinski definition) is 3. The van der Waals surface area contributed by atoms with Crippen molar-refractivity contribution in [2.24, 2.45) is 11.1 Å². The van der Waals surface area contributed by atoms with Crippen molar-refractivity contribution in [2.75, 3.05) is 19.6 Å². The van der Waals surface area contributed by atoms with Crippen LogP contribution >= 0.6 is 0 Å². The fraction of sp³-hybridized carbons (Fsp3) is 0.917. The van der Waals surface area contributed by atoms with Gasteiger partial charge in [0.15, 0.2) is 0 Å². The van der Waals surface area contributed by atoms with Crippen LogP contribution in [0.2, 0.25) is 0 Å². The third kappa shape index (κ3) is 8.53. The summed E-state index contributed by atoms with van der Waals surface area (Å²) >= 11 is 0. The first-order valence-corrected chi connectivity index (χ1v) is 6.23. The van der Waals surface area contributed by atoms with Crippen LogP contribution in [0, 0.1) is 5.41 Å². The summed E-state index contributed by atoms with van der Waals surface area (Å²) in [6.07, 6.45) is 4.18. The summed E-state index contributed by atoms with van der Waals surface area (Å²) < 4.78 is 0. The smallest absolute Gasteiger partial charge is 0.314 e. The lowest BCUT2D eigenvalue weighted by Gasteiger charge is -2.24. The molecule has 0 saturated heterocycles. The van der Waals surface area contributed by atoms with Crippen LogP contribution < -0.4 is 16.4 Å². The van der Waals surface area contributed by atoms with Crippen molar-refractivity contribution in [2.45, 2.75) is 46.5 Å². The highest BCUT2D eigenvalue weighted by Gasteiger charge is 2.17. The molecule has 0 aliphatic rings. The summed E-state index contributed by atoms with van der Waals surface area (Å²) in [7, 11) is 0. The van der Waals surface area contributed by atoms with Gasteiger partial charge in [-0.05, 0) is 31.2 Å². The van der Waals surface area contributed by atoms with Gasteiger partial charge in [-0.3, -0.25) is 0 Å². The molecule has 0 unspecified atom stereocenters. The van der Waals surface area contributed by atoms with E-state index in [9.17, 15) is 4.79 Å². The molecule has 2 amide bonds. The molecule has 0 aromatic carbocycles. The maximum atomic E-state index is 11.4. The number of nitrogens with one attached hydrogen (secondary N) is 2. The number of nitrogens with two attached hydrogens (primary N) is 1. The van der Waals surface area contributed by atoms with E-state index < -0.39 is 0 Å². The minimum atomic E-state index is -0.0609. The first-order valence-electron chi connectivity index (χ1n) is 6.23. The molecule has 0 aromatic heterocycles. The predicted octanol–water partition coefficient (Wildman–Crippen LogP) is 1.85. The largest absolute Gasteiger partial charge is 0.338 e. The molecule has 0 heterocycles. The third-order valence-electron chi connectivity index (χ3n) is 2.60. The lowest BCUT2D eigenvalue weighted by molar-refractivity contribution is 0.231. The topological polar surface area (TPSA) is 67.2 Å². The lowest BCUT2D eigenvalue weighted by atomic mass is 9.88. The van der Waals surface area contributed by atoms with E-state index in [2.05, 4.69) is 31.4 Å². The molecule has 0 aliphatic carbocycles. The molecule has 0 aromatic rings. The normalized spacial score (nSPS) is 11.2. The molecule has 0 atom stereocenters. The van der Waals surface area contributed by atoms with E-state index in [0.29, 0.717) is 13.1 Å². The van der Waals surface area contributed by atoms with Crippen LogP contribution in [0.3, 0.4) is 0 Å². The Labute approximate surface area is 99.4 Å². The van der Waals surface area contributed by atoms with Crippen LogP contribution in [0.25, 0.3) is 0 Å². The molecule has 96 valence electrons. The van der Waals surface area contributed by atoms with E-state index in [4.69, 9.17) is 5.73 Å². The number of rotatable bonds is 8. The minimum Gasteiger partial charge on any atom is -0.338 e. The molecule has 16 heavy (non-hydrogen) atoms. The lowest BCUT2D eigenvalue weighted by Crippen LogP contribution is -2.41. The molecule has 4 heteroatoms. The van der Waals surface area contributed by atoms with Gasteiger partial charge in [0.25, 0.3) is 0 Å². The standard InChI is InChI=1S/C12H27N3O/c1-4-5-9-14-11(16)15-10-12(2,3)7-6-8-13/h4-10,13H2,1-3H3,(H2,14,15,16). The van der Waals surface area contributed by atoms with Gasteiger partial charge >= 0.3 is 6.03 Å². The summed E-state index contributed by atoms with van der Waals surface area (Å²) in [4.78, 5) is 11.4. The third-order valence-corrected chi connectivity index (χ3v) is 2.60. The molecule has 0 bridgehead atoms. The van der Waals surface area contributed by atoms with Crippen LogP contribution in [0.5, 0.6) is 0 Å². The van der Waals surface area contributed by atoms with Crippen molar-refractivity contribution in [1.29, 1.82) is 0 Å². The highest BCUT2D eigenvalue weighted by atomic mass is 16.2. The van der Waals surface area contributed by atoms with E-state index in [0.717, 1.165) is 32.2 Å². The summed E-state index contributed by atoms with van der Waals surface area (Å²) in [6.45, 7) is 8.57. The van der Waals surface area contributed by atoms with Crippen LogP contribution in [0.15, 0.2) is 0 Å². The Bertz CT molecular complexity index is 193. The first kappa shape index (κ1) is 15.2. The van der Waals surface area contributed by atoms with E-state index in [1.54, 1.807) is 0 Å². The molecule has 0 radical (unpaired) electrons. The van der Waals surface area contributed by atoms with Crippen LogP contribution in [-0.2, 0) is 0 Å². The van der Waals surface area contributed by atoms with Crippen molar-refractivity contribution in [1.82, 2.24) is 10.6 Å². The quantitative estimate of drug-likeness (QED) is 0.556. The Hall–Kier alpha value is -0.770. The summed E-state index contributed by atoms with van der Waals surface area (Å²) in [5.41, 5.74) is 5.60. The zero-order valence-electron chi connectivity index (χ0n) is 10.9. The molecule has 4 N–H and O–H groups in total. The molecule has 0 spiro atoms. The Kier molecular flexibility index (Phi) is 7.99. The van der Waals surface area contributed by atoms with Crippen molar-refractivity contribution in [3.05, 3.63) is 0 Å². The van der Waals surface area contributed by atoms with Crippen molar-refractivity contribution in [3.8, 4) is 0 Å². The summed E-state index contributed by atoms with van der Waals surface area (Å²) in [5.74, 6) is 0. The first-order chi connectivity index (χ1) is 7.52. The van der Waals surface area contributed by atoms with Crippen molar-refractivity contribution < 1.29 is 4.79 Å². The van der Waals surface area contributed by atoms with Crippen LogP contribution in [0.4, 0.5) is 4.79 Å². The monoisotopic (exact) mass is 229 g/mol. The fourth-order valence-corrected chi connectivity index (χ4v) is 1.43. The number of hydrogen-bond acceptors (Lipinski definition) is 2. The second kappa shape index (κ2) is 8.39. The molecule has 0 saturated carbocycles. The minimum absolute atomic E-state index is 0.0609. The maximum absolute atomic E-state index is 11.4. The van der Waals surface area contributed by atoms with Gasteiger partial charge in [-0.15, -0.1) is 0 Å². The Morgan fingerprint density at radius 1 is 1.25 bits per heavy atom. The number of carbonyl (C=O) groups excluding carboxylic acids is 1. The summed E-state index contributed by atoms with van der Waals surface area (Å²) in [5, 5.41) is 5.74. The maximum Gasteiger partial charge on any atom is 0.314 e. The number of urea groups is 1. The van der Waals surface area contributed by atoms with E-state index in [1.165, 1.54) is 0 Å². The van der Waals surface area contributed by atoms with Gasteiger partial charge in [0.1, 0.15) is 0 Å². The molecular weight excluding hydrogens is 202 g/mol. The van der Waals surface area contributed by atoms with Gasteiger partial charge < -0.3 is 16.4 Å². The van der Waals surface area contributed by atoms with E-state index in [1.807, 2.05) is 0 Å². The van der Waals surface area contributed by atoms with Crippen LogP contribution in [0.1, 0.15) is 46.5 Å². The zero-order chi connectivity index (χ0) is 12.4. The molecule has 0 rings (SSSR count). The second-order valence-corrected chi connectivity index (χ2v) is 5.02. The number of carbonyl (C=O) groups is 1. The molecule has 0 fully saturated rings. The Balaban J connectivity index is 3.64. The van der Waals surface area contributed by atoms with Gasteiger partial charge in [-0.25, -0.2) is 4.79 Å². The van der Waals surface area contributed by atoms with Gasteiger partial charge in [-0.1, -0.05) is 27.2 Å². The van der Waals surface area contributed by atoms with Gasteiger partial charge in [0, 0.05) is 13.1 Å². The van der Waals surface area contributed by atoms with Crippen molar-refractivity contribution >= 4 is 6.03 Å². The van der Waals surface area contributed by atoms with Crippen molar-refractivity contribution in [3.63, 3.8) is 0 Å². The van der Waals surface area contributed by atoms with Gasteiger partial charge in [0.2, 0.25) is 0 Å². The average Bonchev–Trinajstić information content (AvgIpc) is 2.24. The highest BCUT2D eigenvalue weighted by Crippen LogP contribution is 2.20. The highest BCUT2D eigenvalue weighted by molar-refractivity contribution is 5.73. The molecule has 0 aliphatic heterocycles. The number of unbranched alkanes of at least 4 members (excludes halogenated alkanes) is 1. The van der Waals surface area contributed by atoms with Gasteiger partial charge in [-0.2, -0.15) is 0 Å². The van der Waals surface area contributed by atoms with E-state index in [-0.39, 0.29) is 11.4 Å². The zero-order valence-corrected chi connectivity index (χ0v) is 10.9.